The second kappa shape index (κ2) is 9.04. The number of benzene rings is 2. The quantitative estimate of drug-likeness (QED) is 0.428. The molecule has 0 spiro atoms. The fourth-order valence-corrected chi connectivity index (χ4v) is 3.67. The van der Waals surface area contributed by atoms with E-state index >= 15 is 0 Å². The molecule has 0 amide bonds. The van der Waals surface area contributed by atoms with Gasteiger partial charge in [0.1, 0.15) is 23.3 Å². The predicted octanol–water partition coefficient (Wildman–Crippen LogP) is 4.86. The number of methoxy groups -OCH3 is 1. The van der Waals surface area contributed by atoms with Crippen molar-refractivity contribution in [3.63, 3.8) is 0 Å². The third-order valence-corrected chi connectivity index (χ3v) is 5.37. The SMILES string of the molecule is COC(=O)c1ccc(Oc2coc3cc(OC(=O)C4CCCCC4)ccc3c2=O)cc1. The molecule has 1 aromatic heterocycles. The van der Waals surface area contributed by atoms with Crippen LogP contribution in [-0.4, -0.2) is 19.0 Å². The van der Waals surface area contributed by atoms with Crippen LogP contribution in [0.4, 0.5) is 0 Å². The summed E-state index contributed by atoms with van der Waals surface area (Å²) in [5.41, 5.74) is 0.312. The van der Waals surface area contributed by atoms with Crippen molar-refractivity contribution in [3.8, 4) is 17.2 Å². The van der Waals surface area contributed by atoms with Crippen LogP contribution in [0, 0.1) is 5.92 Å². The second-order valence-corrected chi connectivity index (χ2v) is 7.46. The Labute approximate surface area is 178 Å². The fourth-order valence-electron chi connectivity index (χ4n) is 3.67. The lowest BCUT2D eigenvalue weighted by Gasteiger charge is -2.19. The summed E-state index contributed by atoms with van der Waals surface area (Å²) in [5, 5.41) is 0.307. The molecule has 1 aliphatic rings. The molecule has 0 N–H and O–H groups in total. The highest BCUT2D eigenvalue weighted by Gasteiger charge is 2.23. The fraction of sp³-hybridized carbons (Fsp3) is 0.292. The molecule has 0 aliphatic heterocycles. The molecule has 0 bridgehead atoms. The first-order valence-corrected chi connectivity index (χ1v) is 10.2. The van der Waals surface area contributed by atoms with Gasteiger partial charge in [0, 0.05) is 6.07 Å². The molecule has 0 atom stereocenters. The average molecular weight is 422 g/mol. The maximum absolute atomic E-state index is 12.8. The number of esters is 2. The van der Waals surface area contributed by atoms with Gasteiger partial charge in [-0.15, -0.1) is 0 Å². The topological polar surface area (TPSA) is 92.0 Å². The van der Waals surface area contributed by atoms with Crippen molar-refractivity contribution in [3.05, 3.63) is 64.5 Å². The van der Waals surface area contributed by atoms with Crippen LogP contribution >= 0.6 is 0 Å². The van der Waals surface area contributed by atoms with E-state index in [9.17, 15) is 14.4 Å². The van der Waals surface area contributed by atoms with Crippen LogP contribution in [0.3, 0.4) is 0 Å². The Kier molecular flexibility index (Phi) is 6.02. The second-order valence-electron chi connectivity index (χ2n) is 7.46. The zero-order valence-electron chi connectivity index (χ0n) is 17.1. The van der Waals surface area contributed by atoms with Crippen LogP contribution in [0.15, 0.2) is 57.9 Å². The molecule has 0 radical (unpaired) electrons. The first-order chi connectivity index (χ1) is 15.0. The van der Waals surface area contributed by atoms with Crippen LogP contribution in [0.25, 0.3) is 11.0 Å². The van der Waals surface area contributed by atoms with E-state index in [-0.39, 0.29) is 23.1 Å². The van der Waals surface area contributed by atoms with Gasteiger partial charge in [-0.05, 0) is 49.2 Å². The zero-order chi connectivity index (χ0) is 21.8. The van der Waals surface area contributed by atoms with Gasteiger partial charge in [-0.3, -0.25) is 9.59 Å². The van der Waals surface area contributed by atoms with Crippen molar-refractivity contribution in [2.24, 2.45) is 5.92 Å². The Morgan fingerprint density at radius 3 is 2.39 bits per heavy atom. The molecule has 1 aliphatic carbocycles. The summed E-state index contributed by atoms with van der Waals surface area (Å²) >= 11 is 0. The molecule has 1 saturated carbocycles. The van der Waals surface area contributed by atoms with Gasteiger partial charge >= 0.3 is 11.9 Å². The number of hydrogen-bond donors (Lipinski definition) is 0. The lowest BCUT2D eigenvalue weighted by molar-refractivity contribution is -0.139. The van der Waals surface area contributed by atoms with Gasteiger partial charge in [0.05, 0.1) is 24.0 Å². The molecule has 1 fully saturated rings. The molecule has 0 saturated heterocycles. The lowest BCUT2D eigenvalue weighted by Crippen LogP contribution is -2.22. The van der Waals surface area contributed by atoms with E-state index in [1.807, 2.05) is 0 Å². The molecule has 2 aromatic carbocycles. The van der Waals surface area contributed by atoms with Gasteiger partial charge in [0.2, 0.25) is 11.2 Å². The van der Waals surface area contributed by atoms with Crippen molar-refractivity contribution in [1.82, 2.24) is 0 Å². The summed E-state index contributed by atoms with van der Waals surface area (Å²) in [6.07, 6.45) is 6.16. The summed E-state index contributed by atoms with van der Waals surface area (Å²) in [6.45, 7) is 0. The molecule has 7 nitrogen and oxygen atoms in total. The summed E-state index contributed by atoms with van der Waals surface area (Å²) in [6, 6.07) is 10.9. The van der Waals surface area contributed by atoms with E-state index in [1.165, 1.54) is 31.6 Å². The van der Waals surface area contributed by atoms with Crippen molar-refractivity contribution < 1.29 is 28.2 Å². The monoisotopic (exact) mass is 422 g/mol. The van der Waals surface area contributed by atoms with Gasteiger partial charge < -0.3 is 18.6 Å². The van der Waals surface area contributed by atoms with Crippen molar-refractivity contribution >= 4 is 22.9 Å². The molecule has 4 rings (SSSR count). The number of fused-ring (bicyclic) bond motifs is 1. The van der Waals surface area contributed by atoms with Crippen LogP contribution in [0.2, 0.25) is 0 Å². The van der Waals surface area contributed by atoms with Crippen LogP contribution in [0.1, 0.15) is 42.5 Å². The number of carbonyl (C=O) groups excluding carboxylic acids is 2. The van der Waals surface area contributed by atoms with E-state index in [0.29, 0.717) is 28.0 Å². The number of ether oxygens (including phenoxy) is 3. The average Bonchev–Trinajstić information content (AvgIpc) is 2.81. The third-order valence-electron chi connectivity index (χ3n) is 5.37. The molecular formula is C24H22O7. The van der Waals surface area contributed by atoms with Crippen LogP contribution < -0.4 is 14.9 Å². The van der Waals surface area contributed by atoms with Gasteiger partial charge in [0.15, 0.2) is 0 Å². The van der Waals surface area contributed by atoms with Gasteiger partial charge in [-0.25, -0.2) is 4.79 Å². The van der Waals surface area contributed by atoms with E-state index in [4.69, 9.17) is 13.9 Å². The molecule has 31 heavy (non-hydrogen) atoms. The van der Waals surface area contributed by atoms with E-state index in [0.717, 1.165) is 32.1 Å². The molecule has 0 unspecified atom stereocenters. The predicted molar refractivity (Wildman–Crippen MR) is 113 cm³/mol. The zero-order valence-corrected chi connectivity index (χ0v) is 17.1. The summed E-state index contributed by atoms with van der Waals surface area (Å²) in [5.74, 6) is -0.0489. The van der Waals surface area contributed by atoms with Crippen molar-refractivity contribution in [2.75, 3.05) is 7.11 Å². The number of hydrogen-bond acceptors (Lipinski definition) is 7. The highest BCUT2D eigenvalue weighted by molar-refractivity contribution is 5.89. The minimum Gasteiger partial charge on any atom is -0.465 e. The summed E-state index contributed by atoms with van der Waals surface area (Å²) < 4.78 is 21.3. The first kappa shape index (κ1) is 20.7. The Morgan fingerprint density at radius 1 is 0.968 bits per heavy atom. The molecular weight excluding hydrogens is 400 g/mol. The smallest absolute Gasteiger partial charge is 0.337 e. The Balaban J connectivity index is 1.51. The van der Waals surface area contributed by atoms with Crippen molar-refractivity contribution in [2.45, 2.75) is 32.1 Å². The van der Waals surface area contributed by atoms with Crippen LogP contribution in [-0.2, 0) is 9.53 Å². The maximum atomic E-state index is 12.8. The van der Waals surface area contributed by atoms with Crippen LogP contribution in [0.5, 0.6) is 17.2 Å². The van der Waals surface area contributed by atoms with E-state index in [2.05, 4.69) is 4.74 Å². The summed E-state index contributed by atoms with van der Waals surface area (Å²) in [4.78, 5) is 36.6. The maximum Gasteiger partial charge on any atom is 0.337 e. The third kappa shape index (κ3) is 4.60. The Bertz CT molecular complexity index is 1150. The van der Waals surface area contributed by atoms with Crippen molar-refractivity contribution in [1.29, 1.82) is 0 Å². The minimum absolute atomic E-state index is 0.00488. The van der Waals surface area contributed by atoms with Gasteiger partial charge in [-0.1, -0.05) is 19.3 Å². The van der Waals surface area contributed by atoms with E-state index in [1.54, 1.807) is 24.3 Å². The first-order valence-electron chi connectivity index (χ1n) is 10.2. The normalized spacial score (nSPS) is 14.2. The van der Waals surface area contributed by atoms with Gasteiger partial charge in [-0.2, -0.15) is 0 Å². The standard InChI is InChI=1S/C24H22O7/c1-28-23(26)16-7-9-17(10-8-16)30-21-14-29-20-13-18(11-12-19(20)22(21)25)31-24(27)15-5-3-2-4-6-15/h7-15H,2-6H2,1H3. The minimum atomic E-state index is -0.461. The van der Waals surface area contributed by atoms with Gasteiger partial charge in [0.25, 0.3) is 0 Å². The largest absolute Gasteiger partial charge is 0.465 e. The molecule has 1 heterocycles. The molecule has 7 heteroatoms. The Hall–Kier alpha value is -3.61. The number of carbonyl (C=O) groups is 2. The number of rotatable bonds is 5. The molecule has 3 aromatic rings. The lowest BCUT2D eigenvalue weighted by atomic mass is 9.89. The molecule has 160 valence electrons. The Morgan fingerprint density at radius 2 is 1.68 bits per heavy atom. The highest BCUT2D eigenvalue weighted by atomic mass is 16.5. The van der Waals surface area contributed by atoms with E-state index < -0.39 is 5.97 Å². The highest BCUT2D eigenvalue weighted by Crippen LogP contribution is 2.28. The summed E-state index contributed by atoms with van der Waals surface area (Å²) in [7, 11) is 1.30.